The van der Waals surface area contributed by atoms with E-state index in [-0.39, 0.29) is 30.2 Å². The van der Waals surface area contributed by atoms with Crippen molar-refractivity contribution in [2.24, 2.45) is 0 Å². The van der Waals surface area contributed by atoms with Gasteiger partial charge in [0.25, 0.3) is 5.91 Å². The zero-order chi connectivity index (χ0) is 28.7. The lowest BCUT2D eigenvalue weighted by atomic mass is 10.0. The third kappa shape index (κ3) is 5.13. The van der Waals surface area contributed by atoms with Gasteiger partial charge in [0.05, 0.1) is 17.3 Å². The molecule has 12 heteroatoms. The van der Waals surface area contributed by atoms with Crippen molar-refractivity contribution in [3.8, 4) is 6.01 Å². The minimum absolute atomic E-state index is 0.0338. The van der Waals surface area contributed by atoms with Crippen molar-refractivity contribution in [1.29, 1.82) is 0 Å². The Morgan fingerprint density at radius 1 is 1.20 bits per heavy atom. The fourth-order valence-electron chi connectivity index (χ4n) is 5.69. The molecule has 9 nitrogen and oxygen atoms in total. The number of carbonyl (C=O) groups excluding carboxylic acids is 1. The van der Waals surface area contributed by atoms with Crippen molar-refractivity contribution in [3.63, 3.8) is 0 Å². The minimum atomic E-state index is -1.04. The Bertz CT molecular complexity index is 1570. The van der Waals surface area contributed by atoms with Gasteiger partial charge in [-0.25, -0.2) is 15.4 Å². The molecule has 2 aromatic carbocycles. The number of anilines is 2. The predicted octanol–water partition coefficient (Wildman–Crippen LogP) is 3.76. The number of piperazine rings is 1. The van der Waals surface area contributed by atoms with Gasteiger partial charge in [0, 0.05) is 55.9 Å². The lowest BCUT2D eigenvalue weighted by Gasteiger charge is -2.41. The first-order valence-corrected chi connectivity index (χ1v) is 13.8. The number of nitrogens with zero attached hydrogens (tertiary/aromatic N) is 6. The van der Waals surface area contributed by atoms with Crippen LogP contribution in [-0.4, -0.2) is 78.7 Å². The zero-order valence-electron chi connectivity index (χ0n) is 22.2. The number of halogens is 3. The van der Waals surface area contributed by atoms with Crippen LogP contribution in [-0.2, 0) is 17.8 Å². The lowest BCUT2D eigenvalue weighted by Crippen LogP contribution is -2.57. The van der Waals surface area contributed by atoms with E-state index < -0.39 is 23.6 Å². The summed E-state index contributed by atoms with van der Waals surface area (Å²) in [6.07, 6.45) is 0.563. The van der Waals surface area contributed by atoms with Crippen LogP contribution in [0.4, 0.5) is 20.3 Å². The van der Waals surface area contributed by atoms with E-state index in [4.69, 9.17) is 32.9 Å². The number of nitrogens with one attached hydrogen (secondary N) is 1. The molecule has 1 amide bonds. The van der Waals surface area contributed by atoms with Crippen molar-refractivity contribution in [3.05, 3.63) is 76.3 Å². The Labute approximate surface area is 241 Å². The van der Waals surface area contributed by atoms with Crippen molar-refractivity contribution in [2.75, 3.05) is 55.6 Å². The number of amides is 1. The molecule has 212 valence electrons. The first-order chi connectivity index (χ1) is 19.8. The third-order valence-corrected chi connectivity index (χ3v) is 8.24. The molecule has 0 saturated carbocycles. The number of carbonyl (C=O) groups is 1. The topological polar surface area (TPSA) is 78.2 Å². The summed E-state index contributed by atoms with van der Waals surface area (Å²) < 4.78 is 34.3. The minimum Gasteiger partial charge on any atom is -0.457 e. The highest BCUT2D eigenvalue weighted by Crippen LogP contribution is 2.38. The fraction of sp³-hybridized carbons (Fsp3) is 0.379. The Hall–Kier alpha value is -4.01. The molecule has 41 heavy (non-hydrogen) atoms. The second-order valence-corrected chi connectivity index (χ2v) is 10.8. The smallest absolute Gasteiger partial charge is 0.319 e. The number of rotatable bonds is 6. The van der Waals surface area contributed by atoms with E-state index in [0.29, 0.717) is 56.9 Å². The van der Waals surface area contributed by atoms with Crippen LogP contribution in [0.25, 0.3) is 15.6 Å². The van der Waals surface area contributed by atoms with Gasteiger partial charge in [-0.15, -0.1) is 0 Å². The summed E-state index contributed by atoms with van der Waals surface area (Å²) in [6, 6.07) is 8.60. The molecule has 1 N–H and O–H groups in total. The van der Waals surface area contributed by atoms with E-state index in [2.05, 4.69) is 21.6 Å². The standard InChI is InChI=1S/C29H28ClF2N7O2/c1-17(31)28(40)39-11-10-38(15-19(39)12-33-2)27-21-8-9-37(16-23(21)35-29(36-27)41-20-13-34-14-20)24-5-3-4-18-6-7-22(32)26(30)25(18)24/h3-7,19-20,34H,1,8-16H2/t19-/m0/s1. The van der Waals surface area contributed by atoms with Crippen LogP contribution >= 0.6 is 11.6 Å². The molecule has 0 spiro atoms. The average molecular weight is 580 g/mol. The summed E-state index contributed by atoms with van der Waals surface area (Å²) in [6.45, 7) is 14.0. The quantitative estimate of drug-likeness (QED) is 0.352. The Kier molecular flexibility index (Phi) is 7.36. The van der Waals surface area contributed by atoms with E-state index in [0.717, 1.165) is 22.3 Å². The van der Waals surface area contributed by atoms with E-state index in [9.17, 15) is 13.6 Å². The summed E-state index contributed by atoms with van der Waals surface area (Å²) in [7, 11) is 0. The summed E-state index contributed by atoms with van der Waals surface area (Å²) in [5.74, 6) is -1.60. The van der Waals surface area contributed by atoms with Gasteiger partial charge in [-0.2, -0.15) is 9.97 Å². The molecule has 3 aromatic rings. The molecule has 1 atom stereocenters. The number of benzene rings is 2. The number of ether oxygens (including phenoxy) is 1. The molecule has 4 heterocycles. The Morgan fingerprint density at radius 3 is 2.76 bits per heavy atom. The number of fused-ring (bicyclic) bond motifs is 2. The van der Waals surface area contributed by atoms with Gasteiger partial charge in [-0.1, -0.05) is 36.4 Å². The van der Waals surface area contributed by atoms with Gasteiger partial charge >= 0.3 is 6.01 Å². The highest BCUT2D eigenvalue weighted by molar-refractivity contribution is 6.36. The molecule has 2 saturated heterocycles. The highest BCUT2D eigenvalue weighted by Gasteiger charge is 2.36. The molecule has 6 rings (SSSR count). The van der Waals surface area contributed by atoms with E-state index in [1.54, 1.807) is 6.07 Å². The van der Waals surface area contributed by atoms with Crippen LogP contribution in [0.15, 0.2) is 42.7 Å². The highest BCUT2D eigenvalue weighted by atomic mass is 35.5. The number of hydrogen-bond acceptors (Lipinski definition) is 7. The molecule has 0 bridgehead atoms. The van der Waals surface area contributed by atoms with Crippen LogP contribution in [0.3, 0.4) is 0 Å². The van der Waals surface area contributed by atoms with Crippen LogP contribution in [0.5, 0.6) is 6.01 Å². The molecular formula is C29H28ClF2N7O2. The van der Waals surface area contributed by atoms with Gasteiger partial charge < -0.3 is 29.6 Å². The monoisotopic (exact) mass is 579 g/mol. The van der Waals surface area contributed by atoms with Crippen molar-refractivity contribution < 1.29 is 18.3 Å². The SMILES string of the molecule is [C-]#[N+]C[C@H]1CN(c2nc(OC3CNC3)nc3c2CCN(c2cccc4ccc(F)c(Cl)c24)C3)CCN1C(=O)C(=C)F. The maximum atomic E-state index is 14.4. The average Bonchev–Trinajstić information content (AvgIpc) is 2.95. The zero-order valence-corrected chi connectivity index (χ0v) is 23.0. The largest absolute Gasteiger partial charge is 0.457 e. The molecular weight excluding hydrogens is 552 g/mol. The fourth-order valence-corrected chi connectivity index (χ4v) is 5.96. The molecule has 2 fully saturated rings. The van der Waals surface area contributed by atoms with Gasteiger partial charge in [0.1, 0.15) is 23.8 Å². The normalized spacial score (nSPS) is 19.0. The Balaban J connectivity index is 1.35. The first kappa shape index (κ1) is 27.2. The van der Waals surface area contributed by atoms with Gasteiger partial charge in [0.15, 0.2) is 5.83 Å². The van der Waals surface area contributed by atoms with E-state index in [1.807, 2.05) is 23.1 Å². The molecule has 0 radical (unpaired) electrons. The summed E-state index contributed by atoms with van der Waals surface area (Å²) in [4.78, 5) is 31.1. The van der Waals surface area contributed by atoms with Crippen LogP contribution < -0.4 is 19.9 Å². The van der Waals surface area contributed by atoms with Crippen molar-refractivity contribution in [2.45, 2.75) is 25.1 Å². The van der Waals surface area contributed by atoms with Crippen LogP contribution in [0.2, 0.25) is 5.02 Å². The molecule has 3 aliphatic heterocycles. The molecule has 0 aliphatic carbocycles. The summed E-state index contributed by atoms with van der Waals surface area (Å²) >= 11 is 6.44. The summed E-state index contributed by atoms with van der Waals surface area (Å²) in [5.41, 5.74) is 2.55. The Morgan fingerprint density at radius 2 is 2.02 bits per heavy atom. The maximum Gasteiger partial charge on any atom is 0.319 e. The maximum absolute atomic E-state index is 14.4. The number of aromatic nitrogens is 2. The van der Waals surface area contributed by atoms with E-state index >= 15 is 0 Å². The van der Waals surface area contributed by atoms with Crippen LogP contribution in [0, 0.1) is 12.4 Å². The van der Waals surface area contributed by atoms with Gasteiger partial charge in [-0.3, -0.25) is 4.79 Å². The van der Waals surface area contributed by atoms with Crippen molar-refractivity contribution in [1.82, 2.24) is 20.2 Å². The first-order valence-electron chi connectivity index (χ1n) is 13.5. The molecule has 0 unspecified atom stereocenters. The summed E-state index contributed by atoms with van der Waals surface area (Å²) in [5, 5.41) is 4.76. The van der Waals surface area contributed by atoms with E-state index in [1.165, 1.54) is 11.0 Å². The van der Waals surface area contributed by atoms with Gasteiger partial charge in [-0.05, 0) is 23.9 Å². The second kappa shape index (κ2) is 11.1. The predicted molar refractivity (Wildman–Crippen MR) is 152 cm³/mol. The third-order valence-electron chi connectivity index (χ3n) is 7.87. The molecule has 1 aromatic heterocycles. The van der Waals surface area contributed by atoms with Crippen molar-refractivity contribution >= 4 is 39.8 Å². The molecule has 3 aliphatic rings. The van der Waals surface area contributed by atoms with Gasteiger partial charge in [0.2, 0.25) is 6.54 Å². The lowest BCUT2D eigenvalue weighted by molar-refractivity contribution is -0.131. The second-order valence-electron chi connectivity index (χ2n) is 10.4. The van der Waals surface area contributed by atoms with Crippen LogP contribution in [0.1, 0.15) is 11.3 Å². The number of hydrogen-bond donors (Lipinski definition) is 1.